The summed E-state index contributed by atoms with van der Waals surface area (Å²) in [6, 6.07) is 7.83. The molecule has 1 aromatic heterocycles. The van der Waals surface area contributed by atoms with Gasteiger partial charge in [0.25, 0.3) is 10.1 Å². The number of ether oxygens (including phenoxy) is 1. The van der Waals surface area contributed by atoms with Gasteiger partial charge in [-0.25, -0.2) is 0 Å². The zero-order valence-electron chi connectivity index (χ0n) is 9.98. The van der Waals surface area contributed by atoms with Crippen molar-refractivity contribution in [2.24, 2.45) is 0 Å². The van der Waals surface area contributed by atoms with E-state index < -0.39 is 10.1 Å². The SMILES string of the molecule is O=S(=O)(O)CCCOCn1c(=S)sc2ccccc21. The minimum atomic E-state index is -3.91. The molecule has 2 aromatic rings. The molecule has 0 aliphatic rings. The van der Waals surface area contributed by atoms with Crippen molar-refractivity contribution < 1.29 is 17.7 Å². The highest BCUT2D eigenvalue weighted by Gasteiger charge is 2.05. The molecule has 104 valence electrons. The zero-order chi connectivity index (χ0) is 13.9. The van der Waals surface area contributed by atoms with Crippen LogP contribution in [-0.4, -0.2) is 29.9 Å². The summed E-state index contributed by atoms with van der Waals surface area (Å²) in [7, 11) is -3.91. The van der Waals surface area contributed by atoms with Crippen molar-refractivity contribution in [3.63, 3.8) is 0 Å². The van der Waals surface area contributed by atoms with Crippen LogP contribution in [0.15, 0.2) is 24.3 Å². The van der Waals surface area contributed by atoms with E-state index in [0.717, 1.165) is 14.2 Å². The Morgan fingerprint density at radius 2 is 2.11 bits per heavy atom. The topological polar surface area (TPSA) is 68.5 Å². The van der Waals surface area contributed by atoms with Crippen molar-refractivity contribution in [2.75, 3.05) is 12.4 Å². The maximum atomic E-state index is 10.5. The van der Waals surface area contributed by atoms with E-state index in [1.807, 2.05) is 28.8 Å². The van der Waals surface area contributed by atoms with E-state index in [1.165, 1.54) is 11.3 Å². The van der Waals surface area contributed by atoms with E-state index in [-0.39, 0.29) is 25.5 Å². The summed E-state index contributed by atoms with van der Waals surface area (Å²) >= 11 is 6.76. The summed E-state index contributed by atoms with van der Waals surface area (Å²) in [4.78, 5) is 0. The molecule has 2 rings (SSSR count). The average molecular weight is 319 g/mol. The summed E-state index contributed by atoms with van der Waals surface area (Å²) in [5.74, 6) is -0.289. The van der Waals surface area contributed by atoms with Gasteiger partial charge in [-0.2, -0.15) is 8.42 Å². The molecule has 0 fully saturated rings. The summed E-state index contributed by atoms with van der Waals surface area (Å²) in [6.45, 7) is 0.542. The summed E-state index contributed by atoms with van der Waals surface area (Å²) in [5, 5.41) is 0. The van der Waals surface area contributed by atoms with Crippen LogP contribution in [0.4, 0.5) is 0 Å². The molecular weight excluding hydrogens is 306 g/mol. The first-order chi connectivity index (χ1) is 8.97. The van der Waals surface area contributed by atoms with E-state index in [9.17, 15) is 8.42 Å². The van der Waals surface area contributed by atoms with Crippen LogP contribution >= 0.6 is 23.6 Å². The fourth-order valence-corrected chi connectivity index (χ4v) is 3.42. The molecule has 0 aliphatic heterocycles. The molecule has 1 heterocycles. The highest BCUT2D eigenvalue weighted by Crippen LogP contribution is 2.22. The van der Waals surface area contributed by atoms with Crippen LogP contribution in [0.25, 0.3) is 10.2 Å². The molecule has 0 atom stereocenters. The van der Waals surface area contributed by atoms with Gasteiger partial charge in [0.15, 0.2) is 3.95 Å². The van der Waals surface area contributed by atoms with E-state index in [4.69, 9.17) is 21.5 Å². The Morgan fingerprint density at radius 3 is 2.84 bits per heavy atom. The molecule has 1 aromatic carbocycles. The Morgan fingerprint density at radius 1 is 1.37 bits per heavy atom. The lowest BCUT2D eigenvalue weighted by Gasteiger charge is -2.06. The molecular formula is C11H13NO4S3. The van der Waals surface area contributed by atoms with E-state index in [2.05, 4.69) is 0 Å². The zero-order valence-corrected chi connectivity index (χ0v) is 12.4. The smallest absolute Gasteiger partial charge is 0.264 e. The number of para-hydroxylation sites is 1. The largest absolute Gasteiger partial charge is 0.361 e. The Labute approximate surface area is 120 Å². The van der Waals surface area contributed by atoms with Gasteiger partial charge in [-0.15, -0.1) is 11.3 Å². The Kier molecular flexibility index (Phi) is 4.69. The highest BCUT2D eigenvalue weighted by atomic mass is 32.2. The number of benzene rings is 1. The number of fused-ring (bicyclic) bond motifs is 1. The fourth-order valence-electron chi connectivity index (χ4n) is 1.64. The van der Waals surface area contributed by atoms with Crippen molar-refractivity contribution in [1.82, 2.24) is 4.57 Å². The molecule has 0 spiro atoms. The predicted molar refractivity (Wildman–Crippen MR) is 77.6 cm³/mol. The van der Waals surface area contributed by atoms with Crippen LogP contribution in [-0.2, 0) is 21.6 Å². The van der Waals surface area contributed by atoms with Crippen LogP contribution in [0.2, 0.25) is 0 Å². The van der Waals surface area contributed by atoms with Gasteiger partial charge >= 0.3 is 0 Å². The number of hydrogen-bond donors (Lipinski definition) is 1. The molecule has 8 heteroatoms. The summed E-state index contributed by atoms with van der Waals surface area (Å²) < 4.78 is 38.7. The molecule has 5 nitrogen and oxygen atoms in total. The van der Waals surface area contributed by atoms with Crippen LogP contribution in [0.3, 0.4) is 0 Å². The van der Waals surface area contributed by atoms with Gasteiger partial charge in [-0.3, -0.25) is 9.12 Å². The first-order valence-electron chi connectivity index (χ1n) is 5.59. The molecule has 19 heavy (non-hydrogen) atoms. The second-order valence-corrected chi connectivity index (χ2v) is 7.19. The monoisotopic (exact) mass is 319 g/mol. The molecule has 0 bridgehead atoms. The molecule has 0 aliphatic carbocycles. The van der Waals surface area contributed by atoms with E-state index in [1.54, 1.807) is 0 Å². The lowest BCUT2D eigenvalue weighted by Crippen LogP contribution is -2.09. The van der Waals surface area contributed by atoms with Gasteiger partial charge in [0.2, 0.25) is 0 Å². The number of hydrogen-bond acceptors (Lipinski definition) is 5. The Balaban J connectivity index is 1.95. The molecule has 0 unspecified atom stereocenters. The average Bonchev–Trinajstić information content (AvgIpc) is 2.64. The summed E-state index contributed by atoms with van der Waals surface area (Å²) in [6.07, 6.45) is 0.258. The molecule has 0 radical (unpaired) electrons. The third-order valence-electron chi connectivity index (χ3n) is 2.49. The highest BCUT2D eigenvalue weighted by molar-refractivity contribution is 7.85. The predicted octanol–water partition coefficient (Wildman–Crippen LogP) is 2.68. The van der Waals surface area contributed by atoms with E-state index in [0.29, 0.717) is 0 Å². The van der Waals surface area contributed by atoms with Crippen molar-refractivity contribution in [2.45, 2.75) is 13.2 Å². The standard InChI is InChI=1S/C11H13NO4S3/c13-19(14,15)7-3-6-16-8-12-9-4-1-2-5-10(9)18-11(12)17/h1-2,4-5H,3,6-8H2,(H,13,14,15). The maximum absolute atomic E-state index is 10.5. The second-order valence-electron chi connectivity index (χ2n) is 3.94. The lowest BCUT2D eigenvalue weighted by molar-refractivity contribution is 0.0801. The van der Waals surface area contributed by atoms with Gasteiger partial charge in [0, 0.05) is 6.61 Å². The molecule has 0 saturated heterocycles. The molecule has 1 N–H and O–H groups in total. The number of thiazole rings is 1. The normalized spacial score (nSPS) is 12.1. The quantitative estimate of drug-likeness (QED) is 0.504. The van der Waals surface area contributed by atoms with Crippen LogP contribution < -0.4 is 0 Å². The second kappa shape index (κ2) is 6.10. The van der Waals surface area contributed by atoms with Crippen molar-refractivity contribution >= 4 is 43.9 Å². The van der Waals surface area contributed by atoms with Crippen molar-refractivity contribution in [3.8, 4) is 0 Å². The number of aromatic nitrogens is 1. The van der Waals surface area contributed by atoms with Crippen LogP contribution in [0, 0.1) is 3.95 Å². The van der Waals surface area contributed by atoms with Gasteiger partial charge in [0.05, 0.1) is 16.0 Å². The van der Waals surface area contributed by atoms with Crippen LogP contribution in [0.5, 0.6) is 0 Å². The number of rotatable bonds is 6. The minimum absolute atomic E-state index is 0.256. The first kappa shape index (κ1) is 14.6. The lowest BCUT2D eigenvalue weighted by atomic mass is 10.3. The third-order valence-corrected chi connectivity index (χ3v) is 4.72. The minimum Gasteiger partial charge on any atom is -0.361 e. The van der Waals surface area contributed by atoms with Crippen molar-refractivity contribution in [1.29, 1.82) is 0 Å². The van der Waals surface area contributed by atoms with Gasteiger partial charge in [0.1, 0.15) is 6.73 Å². The van der Waals surface area contributed by atoms with Gasteiger partial charge < -0.3 is 4.74 Å². The summed E-state index contributed by atoms with van der Waals surface area (Å²) in [5.41, 5.74) is 1.01. The van der Waals surface area contributed by atoms with Gasteiger partial charge in [-0.05, 0) is 30.8 Å². The molecule has 0 amide bonds. The van der Waals surface area contributed by atoms with Crippen LogP contribution in [0.1, 0.15) is 6.42 Å². The van der Waals surface area contributed by atoms with Gasteiger partial charge in [-0.1, -0.05) is 12.1 Å². The van der Waals surface area contributed by atoms with E-state index >= 15 is 0 Å². The number of nitrogens with zero attached hydrogens (tertiary/aromatic N) is 1. The Hall–Kier alpha value is -0.800. The third kappa shape index (κ3) is 4.08. The molecule has 0 saturated carbocycles. The Bertz CT molecular complexity index is 717. The maximum Gasteiger partial charge on any atom is 0.264 e. The fraction of sp³-hybridized carbons (Fsp3) is 0.364. The van der Waals surface area contributed by atoms with Crippen molar-refractivity contribution in [3.05, 3.63) is 28.2 Å². The first-order valence-corrected chi connectivity index (χ1v) is 8.42.